The molecule has 0 fully saturated rings. The van der Waals surface area contributed by atoms with Crippen LogP contribution < -0.4 is 5.56 Å². The van der Waals surface area contributed by atoms with Gasteiger partial charge in [0.15, 0.2) is 0 Å². The Balaban J connectivity index is 2.66. The SMILES string of the molecule is Cc1ccc2c(c1)c1cc(=O)[nH]cc1n2C. The summed E-state index contributed by atoms with van der Waals surface area (Å²) < 4.78 is 2.10. The molecule has 80 valence electrons. The lowest BCUT2D eigenvalue weighted by Crippen LogP contribution is -2.01. The molecular weight excluding hydrogens is 200 g/mol. The number of aromatic nitrogens is 2. The number of hydrogen-bond acceptors (Lipinski definition) is 1. The number of aromatic amines is 1. The normalized spacial score (nSPS) is 11.4. The van der Waals surface area contributed by atoms with Gasteiger partial charge in [-0.2, -0.15) is 0 Å². The average molecular weight is 212 g/mol. The summed E-state index contributed by atoms with van der Waals surface area (Å²) >= 11 is 0. The van der Waals surface area contributed by atoms with Crippen LogP contribution in [0, 0.1) is 6.92 Å². The molecule has 0 unspecified atom stereocenters. The van der Waals surface area contributed by atoms with Gasteiger partial charge in [-0.3, -0.25) is 4.79 Å². The molecule has 0 aliphatic heterocycles. The molecule has 0 saturated carbocycles. The Morgan fingerprint density at radius 2 is 1.88 bits per heavy atom. The summed E-state index contributed by atoms with van der Waals surface area (Å²) in [7, 11) is 2.01. The van der Waals surface area contributed by atoms with Crippen molar-refractivity contribution in [1.29, 1.82) is 0 Å². The number of nitrogens with zero attached hydrogens (tertiary/aromatic N) is 1. The minimum absolute atomic E-state index is 0.0542. The molecule has 1 aromatic carbocycles. The first-order valence-corrected chi connectivity index (χ1v) is 5.24. The zero-order chi connectivity index (χ0) is 11.3. The zero-order valence-electron chi connectivity index (χ0n) is 9.24. The molecule has 0 spiro atoms. The Hall–Kier alpha value is -2.03. The largest absolute Gasteiger partial charge is 0.342 e. The fourth-order valence-corrected chi connectivity index (χ4v) is 2.25. The van der Waals surface area contributed by atoms with Gasteiger partial charge in [0.05, 0.1) is 5.52 Å². The summed E-state index contributed by atoms with van der Waals surface area (Å²) in [6, 6.07) is 7.96. The van der Waals surface area contributed by atoms with Crippen molar-refractivity contribution in [2.75, 3.05) is 0 Å². The molecule has 16 heavy (non-hydrogen) atoms. The lowest BCUT2D eigenvalue weighted by molar-refractivity contribution is 1.01. The lowest BCUT2D eigenvalue weighted by atomic mass is 10.1. The highest BCUT2D eigenvalue weighted by Gasteiger charge is 2.07. The van der Waals surface area contributed by atoms with E-state index in [9.17, 15) is 4.79 Å². The molecule has 0 saturated heterocycles. The maximum atomic E-state index is 11.4. The van der Waals surface area contributed by atoms with E-state index in [1.165, 1.54) is 5.56 Å². The van der Waals surface area contributed by atoms with Gasteiger partial charge in [-0.05, 0) is 19.1 Å². The van der Waals surface area contributed by atoms with E-state index in [0.29, 0.717) is 0 Å². The predicted molar refractivity (Wildman–Crippen MR) is 65.8 cm³/mol. The molecule has 0 amide bonds. The van der Waals surface area contributed by atoms with Crippen molar-refractivity contribution < 1.29 is 0 Å². The van der Waals surface area contributed by atoms with Gasteiger partial charge >= 0.3 is 0 Å². The van der Waals surface area contributed by atoms with Crippen molar-refractivity contribution in [1.82, 2.24) is 9.55 Å². The van der Waals surface area contributed by atoms with Crippen LogP contribution >= 0.6 is 0 Å². The predicted octanol–water partition coefficient (Wildman–Crippen LogP) is 2.33. The van der Waals surface area contributed by atoms with Gasteiger partial charge in [0, 0.05) is 35.6 Å². The van der Waals surface area contributed by atoms with E-state index >= 15 is 0 Å². The fourth-order valence-electron chi connectivity index (χ4n) is 2.25. The Morgan fingerprint density at radius 1 is 1.12 bits per heavy atom. The van der Waals surface area contributed by atoms with Gasteiger partial charge in [-0.1, -0.05) is 11.6 Å². The average Bonchev–Trinajstić information content (AvgIpc) is 2.52. The van der Waals surface area contributed by atoms with Crippen molar-refractivity contribution in [3.63, 3.8) is 0 Å². The van der Waals surface area contributed by atoms with Crippen LogP contribution in [0.25, 0.3) is 21.8 Å². The third-order valence-corrected chi connectivity index (χ3v) is 3.07. The molecule has 0 bridgehead atoms. The van der Waals surface area contributed by atoms with Gasteiger partial charge in [0.1, 0.15) is 0 Å². The number of aryl methyl sites for hydroxylation is 2. The van der Waals surface area contributed by atoms with E-state index in [0.717, 1.165) is 21.8 Å². The van der Waals surface area contributed by atoms with Crippen LogP contribution in [0.2, 0.25) is 0 Å². The third kappa shape index (κ3) is 1.11. The van der Waals surface area contributed by atoms with Gasteiger partial charge in [0.2, 0.25) is 5.56 Å². The number of benzene rings is 1. The quantitative estimate of drug-likeness (QED) is 0.610. The molecule has 2 heterocycles. The van der Waals surface area contributed by atoms with E-state index in [2.05, 4.69) is 34.7 Å². The van der Waals surface area contributed by atoms with E-state index in [-0.39, 0.29) is 5.56 Å². The highest BCUT2D eigenvalue weighted by atomic mass is 16.1. The number of hydrogen-bond donors (Lipinski definition) is 1. The molecule has 3 nitrogen and oxygen atoms in total. The summed E-state index contributed by atoms with van der Waals surface area (Å²) in [5.41, 5.74) is 3.36. The van der Waals surface area contributed by atoms with Crippen molar-refractivity contribution in [3.8, 4) is 0 Å². The lowest BCUT2D eigenvalue weighted by Gasteiger charge is -1.97. The van der Waals surface area contributed by atoms with E-state index in [1.54, 1.807) is 12.3 Å². The zero-order valence-corrected chi connectivity index (χ0v) is 9.24. The molecule has 3 rings (SSSR count). The van der Waals surface area contributed by atoms with Crippen LogP contribution in [0.4, 0.5) is 0 Å². The molecule has 0 aliphatic rings. The van der Waals surface area contributed by atoms with Gasteiger partial charge in [-0.25, -0.2) is 0 Å². The number of fused-ring (bicyclic) bond motifs is 3. The number of pyridine rings is 1. The maximum absolute atomic E-state index is 11.4. The summed E-state index contributed by atoms with van der Waals surface area (Å²) in [5.74, 6) is 0. The molecule has 0 atom stereocenters. The Morgan fingerprint density at radius 3 is 2.69 bits per heavy atom. The minimum atomic E-state index is -0.0542. The summed E-state index contributed by atoms with van der Waals surface area (Å²) in [4.78, 5) is 14.1. The van der Waals surface area contributed by atoms with Crippen molar-refractivity contribution in [2.24, 2.45) is 7.05 Å². The van der Waals surface area contributed by atoms with Crippen LogP contribution in [0.5, 0.6) is 0 Å². The summed E-state index contributed by atoms with van der Waals surface area (Å²) in [5, 5.41) is 2.16. The second kappa shape index (κ2) is 2.98. The molecule has 0 radical (unpaired) electrons. The Bertz CT molecular complexity index is 750. The Kier molecular flexibility index (Phi) is 1.72. The van der Waals surface area contributed by atoms with Gasteiger partial charge < -0.3 is 9.55 Å². The van der Waals surface area contributed by atoms with E-state index in [1.807, 2.05) is 7.05 Å². The number of nitrogens with one attached hydrogen (secondary N) is 1. The van der Waals surface area contributed by atoms with E-state index < -0.39 is 0 Å². The van der Waals surface area contributed by atoms with Crippen molar-refractivity contribution >= 4 is 21.8 Å². The van der Waals surface area contributed by atoms with Crippen LogP contribution in [0.1, 0.15) is 5.56 Å². The van der Waals surface area contributed by atoms with Gasteiger partial charge in [0.25, 0.3) is 0 Å². The molecule has 0 aliphatic carbocycles. The molecule has 1 N–H and O–H groups in total. The maximum Gasteiger partial charge on any atom is 0.248 e. The topological polar surface area (TPSA) is 37.8 Å². The number of rotatable bonds is 0. The first-order valence-electron chi connectivity index (χ1n) is 5.24. The van der Waals surface area contributed by atoms with Crippen LogP contribution in [-0.4, -0.2) is 9.55 Å². The molecule has 2 aromatic heterocycles. The Labute approximate surface area is 92.3 Å². The molecular formula is C13H12N2O. The highest BCUT2D eigenvalue weighted by Crippen LogP contribution is 2.26. The standard InChI is InChI=1S/C13H12N2O/c1-8-3-4-11-9(5-8)10-6-13(16)14-7-12(10)15(11)2/h3-7H,1-2H3,(H,14,16). The van der Waals surface area contributed by atoms with Crippen molar-refractivity contribution in [3.05, 3.63) is 46.4 Å². The first-order chi connectivity index (χ1) is 7.66. The van der Waals surface area contributed by atoms with Crippen LogP contribution in [-0.2, 0) is 7.05 Å². The second-order valence-electron chi connectivity index (χ2n) is 4.18. The highest BCUT2D eigenvalue weighted by molar-refractivity contribution is 6.07. The summed E-state index contributed by atoms with van der Waals surface area (Å²) in [6.07, 6.45) is 1.77. The first kappa shape index (κ1) is 9.21. The van der Waals surface area contributed by atoms with Gasteiger partial charge in [-0.15, -0.1) is 0 Å². The fraction of sp³-hybridized carbons (Fsp3) is 0.154. The summed E-state index contributed by atoms with van der Waals surface area (Å²) in [6.45, 7) is 2.06. The third-order valence-electron chi connectivity index (χ3n) is 3.07. The van der Waals surface area contributed by atoms with Crippen LogP contribution in [0.3, 0.4) is 0 Å². The van der Waals surface area contributed by atoms with Crippen molar-refractivity contribution in [2.45, 2.75) is 6.92 Å². The molecule has 3 heteroatoms. The minimum Gasteiger partial charge on any atom is -0.342 e. The molecule has 3 aromatic rings. The van der Waals surface area contributed by atoms with E-state index in [4.69, 9.17) is 0 Å². The second-order valence-corrected chi connectivity index (χ2v) is 4.18. The monoisotopic (exact) mass is 212 g/mol. The number of H-pyrrole nitrogens is 1. The van der Waals surface area contributed by atoms with Crippen LogP contribution in [0.15, 0.2) is 35.3 Å². The smallest absolute Gasteiger partial charge is 0.248 e.